The number of nitrogens with zero attached hydrogens (tertiary/aromatic N) is 2. The molecule has 170 valence electrons. The van der Waals surface area contributed by atoms with Crippen LogP contribution in [0.25, 0.3) is 0 Å². The summed E-state index contributed by atoms with van der Waals surface area (Å²) in [6.45, 7) is 0.127. The zero-order valence-corrected chi connectivity index (χ0v) is 19.3. The maximum atomic E-state index is 13.0. The van der Waals surface area contributed by atoms with Crippen LogP contribution in [0.4, 0.5) is 11.4 Å². The van der Waals surface area contributed by atoms with Gasteiger partial charge in [-0.2, -0.15) is 0 Å². The van der Waals surface area contributed by atoms with Crippen molar-refractivity contribution in [2.75, 3.05) is 29.3 Å². The van der Waals surface area contributed by atoms with Gasteiger partial charge in [0.2, 0.25) is 16.8 Å². The molecule has 2 amide bonds. The van der Waals surface area contributed by atoms with Crippen LogP contribution in [0.3, 0.4) is 0 Å². The second kappa shape index (κ2) is 8.76. The summed E-state index contributed by atoms with van der Waals surface area (Å²) < 4.78 is 36.1. The molecule has 0 fully saturated rings. The van der Waals surface area contributed by atoms with E-state index in [1.165, 1.54) is 41.3 Å². The third-order valence-electron chi connectivity index (χ3n) is 5.02. The summed E-state index contributed by atoms with van der Waals surface area (Å²) in [4.78, 5) is 27.4. The van der Waals surface area contributed by atoms with Gasteiger partial charge in [-0.3, -0.25) is 9.59 Å². The highest BCUT2D eigenvalue weighted by atomic mass is 35.5. The minimum Gasteiger partial charge on any atom is -0.454 e. The molecule has 0 N–H and O–H groups in total. The van der Waals surface area contributed by atoms with Crippen LogP contribution in [0, 0.1) is 0 Å². The highest BCUT2D eigenvalue weighted by Gasteiger charge is 2.28. The normalized spacial score (nSPS) is 12.3. The number of carbonyl (C=O) groups is 2. The lowest BCUT2D eigenvalue weighted by Crippen LogP contribution is -2.36. The number of rotatable bonds is 5. The number of carbonyl (C=O) groups excluding carboxylic acids is 2. The van der Waals surface area contributed by atoms with Crippen LogP contribution < -0.4 is 18.7 Å². The predicted molar refractivity (Wildman–Crippen MR) is 125 cm³/mol. The number of benzene rings is 3. The van der Waals surface area contributed by atoms with Crippen LogP contribution in [-0.4, -0.2) is 40.3 Å². The molecule has 1 aliphatic heterocycles. The van der Waals surface area contributed by atoms with Gasteiger partial charge in [0.1, 0.15) is 0 Å². The van der Waals surface area contributed by atoms with Crippen molar-refractivity contribution in [3.8, 4) is 11.5 Å². The van der Waals surface area contributed by atoms with Crippen LogP contribution in [0.15, 0.2) is 66.7 Å². The molecule has 0 unspecified atom stereocenters. The third kappa shape index (κ3) is 4.50. The van der Waals surface area contributed by atoms with E-state index < -0.39 is 15.9 Å². The average molecular weight is 487 g/mol. The molecular formula is C23H19ClN2O6S. The molecule has 0 spiro atoms. The molecular weight excluding hydrogens is 468 g/mol. The van der Waals surface area contributed by atoms with Crippen LogP contribution in [0.1, 0.15) is 20.7 Å². The molecule has 0 saturated heterocycles. The van der Waals surface area contributed by atoms with Crippen LogP contribution in [0.5, 0.6) is 11.5 Å². The summed E-state index contributed by atoms with van der Waals surface area (Å²) >= 11 is 6.09. The van der Waals surface area contributed by atoms with Crippen molar-refractivity contribution in [1.82, 2.24) is 0 Å². The van der Waals surface area contributed by atoms with Crippen LogP contribution >= 0.6 is 11.6 Å². The molecule has 0 aromatic heterocycles. The van der Waals surface area contributed by atoms with Crippen LogP contribution in [0.2, 0.25) is 5.02 Å². The van der Waals surface area contributed by atoms with Gasteiger partial charge in [0.25, 0.3) is 11.8 Å². The summed E-state index contributed by atoms with van der Waals surface area (Å²) in [7, 11) is -2.37. The molecule has 1 aliphatic rings. The SMILES string of the molecule is CN(C(=O)c1ccc(N(C(=O)c2ccccc2Cl)S(C)(=O)=O)cc1)c1ccc2c(c1)OCO2. The smallest absolute Gasteiger partial charge is 0.273 e. The minimum atomic E-state index is -3.98. The van der Waals surface area contributed by atoms with Crippen LogP contribution in [-0.2, 0) is 10.0 Å². The maximum absolute atomic E-state index is 13.0. The highest BCUT2D eigenvalue weighted by molar-refractivity contribution is 7.92. The monoisotopic (exact) mass is 486 g/mol. The summed E-state index contributed by atoms with van der Waals surface area (Å²) in [6.07, 6.45) is 0.925. The number of hydrogen-bond donors (Lipinski definition) is 0. The fourth-order valence-corrected chi connectivity index (χ4v) is 4.47. The maximum Gasteiger partial charge on any atom is 0.273 e. The Kier molecular flexibility index (Phi) is 6.01. The largest absolute Gasteiger partial charge is 0.454 e. The van der Waals surface area contributed by atoms with Gasteiger partial charge in [0, 0.05) is 24.4 Å². The second-order valence-corrected chi connectivity index (χ2v) is 9.50. The van der Waals surface area contributed by atoms with E-state index in [1.807, 2.05) is 0 Å². The van der Waals surface area contributed by atoms with Gasteiger partial charge in [-0.1, -0.05) is 23.7 Å². The summed E-state index contributed by atoms with van der Waals surface area (Å²) in [5, 5.41) is 0.133. The van der Waals surface area contributed by atoms with Gasteiger partial charge < -0.3 is 14.4 Å². The van der Waals surface area contributed by atoms with E-state index in [0.29, 0.717) is 27.1 Å². The molecule has 4 rings (SSSR count). The Morgan fingerprint density at radius 2 is 1.52 bits per heavy atom. The van der Waals surface area contributed by atoms with Crippen molar-refractivity contribution < 1.29 is 27.5 Å². The van der Waals surface area contributed by atoms with E-state index in [4.69, 9.17) is 21.1 Å². The standard InChI is InChI=1S/C23H19ClN2O6S/c1-25(17-11-12-20-21(13-17)32-14-31-20)22(27)15-7-9-16(10-8-15)26(33(2,29)30)23(28)18-5-3-4-6-19(18)24/h3-13H,14H2,1-2H3. The third-order valence-corrected chi connectivity index (χ3v) is 6.39. The number of sulfonamides is 1. The van der Waals surface area contributed by atoms with Crippen molar-refractivity contribution in [2.45, 2.75) is 0 Å². The molecule has 0 saturated carbocycles. The average Bonchev–Trinajstić information content (AvgIpc) is 3.26. The summed E-state index contributed by atoms with van der Waals surface area (Å²) in [6, 6.07) is 17.0. The molecule has 3 aromatic carbocycles. The molecule has 33 heavy (non-hydrogen) atoms. The van der Waals surface area contributed by atoms with Gasteiger partial charge in [0.05, 0.1) is 22.5 Å². The zero-order chi connectivity index (χ0) is 23.8. The lowest BCUT2D eigenvalue weighted by molar-refractivity contribution is 0.0990. The molecule has 0 bridgehead atoms. The number of halogens is 1. The van der Waals surface area contributed by atoms with Crippen molar-refractivity contribution in [3.63, 3.8) is 0 Å². The first kappa shape index (κ1) is 22.6. The Morgan fingerprint density at radius 3 is 2.18 bits per heavy atom. The Bertz CT molecular complexity index is 1340. The topological polar surface area (TPSA) is 93.2 Å². The van der Waals surface area contributed by atoms with E-state index >= 15 is 0 Å². The van der Waals surface area contributed by atoms with E-state index in [0.717, 1.165) is 6.26 Å². The van der Waals surface area contributed by atoms with Crippen molar-refractivity contribution in [3.05, 3.63) is 82.9 Å². The van der Waals surface area contributed by atoms with E-state index in [1.54, 1.807) is 37.4 Å². The summed E-state index contributed by atoms with van der Waals surface area (Å²) in [5.74, 6) is 0.0285. The van der Waals surface area contributed by atoms with Crippen molar-refractivity contribution in [1.29, 1.82) is 0 Å². The second-order valence-electron chi connectivity index (χ2n) is 7.26. The molecule has 10 heteroatoms. The first-order chi connectivity index (χ1) is 15.7. The number of anilines is 2. The van der Waals surface area contributed by atoms with Gasteiger partial charge in [-0.25, -0.2) is 12.7 Å². The predicted octanol–water partition coefficient (Wildman–Crippen LogP) is 3.95. The molecule has 0 atom stereocenters. The quantitative estimate of drug-likeness (QED) is 0.542. The molecule has 3 aromatic rings. The molecule has 1 heterocycles. The number of hydrogen-bond acceptors (Lipinski definition) is 6. The number of fused-ring (bicyclic) bond motifs is 1. The van der Waals surface area contributed by atoms with E-state index in [9.17, 15) is 18.0 Å². The Labute approximate surface area is 195 Å². The Balaban J connectivity index is 1.61. The Morgan fingerprint density at radius 1 is 0.879 bits per heavy atom. The lowest BCUT2D eigenvalue weighted by Gasteiger charge is -2.22. The highest BCUT2D eigenvalue weighted by Crippen LogP contribution is 2.35. The Hall–Kier alpha value is -3.56. The molecule has 0 aliphatic carbocycles. The number of amides is 2. The van der Waals surface area contributed by atoms with Crippen molar-refractivity contribution >= 4 is 44.8 Å². The fraction of sp³-hybridized carbons (Fsp3) is 0.130. The fourth-order valence-electron chi connectivity index (χ4n) is 3.35. The van der Waals surface area contributed by atoms with E-state index in [-0.39, 0.29) is 29.0 Å². The van der Waals surface area contributed by atoms with Gasteiger partial charge >= 0.3 is 0 Å². The van der Waals surface area contributed by atoms with E-state index in [2.05, 4.69) is 0 Å². The van der Waals surface area contributed by atoms with Crippen molar-refractivity contribution in [2.24, 2.45) is 0 Å². The summed E-state index contributed by atoms with van der Waals surface area (Å²) in [5.41, 5.74) is 1.04. The first-order valence-electron chi connectivity index (χ1n) is 9.74. The number of ether oxygens (including phenoxy) is 2. The van der Waals surface area contributed by atoms with Gasteiger partial charge in [-0.05, 0) is 48.5 Å². The minimum absolute atomic E-state index is 0.0484. The lowest BCUT2D eigenvalue weighted by atomic mass is 10.1. The molecule has 8 nitrogen and oxygen atoms in total. The first-order valence-corrected chi connectivity index (χ1v) is 12.0. The zero-order valence-electron chi connectivity index (χ0n) is 17.7. The van der Waals surface area contributed by atoms with Gasteiger partial charge in [0.15, 0.2) is 11.5 Å². The molecule has 0 radical (unpaired) electrons. The van der Waals surface area contributed by atoms with Gasteiger partial charge in [-0.15, -0.1) is 0 Å².